The van der Waals surface area contributed by atoms with E-state index in [0.29, 0.717) is 24.8 Å². The van der Waals surface area contributed by atoms with E-state index in [1.165, 1.54) is 22.8 Å². The van der Waals surface area contributed by atoms with E-state index < -0.39 is 21.5 Å². The van der Waals surface area contributed by atoms with Gasteiger partial charge in [0.1, 0.15) is 11.5 Å². The van der Waals surface area contributed by atoms with Crippen LogP contribution in [0.5, 0.6) is 11.5 Å². The lowest BCUT2D eigenvalue weighted by Crippen LogP contribution is -2.54. The second kappa shape index (κ2) is 6.46. The number of Topliss-reactive ketones (excluding diaryl/α,β-unsaturated/α-hetero) is 2. The highest BCUT2D eigenvalue weighted by molar-refractivity contribution is 6.53. The lowest BCUT2D eigenvalue weighted by atomic mass is 9.66. The second-order valence-corrected chi connectivity index (χ2v) is 10.5. The predicted octanol–water partition coefficient (Wildman–Crippen LogP) is 5.59. The van der Waals surface area contributed by atoms with Crippen LogP contribution in [0.15, 0.2) is 34.9 Å². The first kappa shape index (κ1) is 21.2. The molecule has 160 valence electrons. The van der Waals surface area contributed by atoms with Crippen LogP contribution in [0.4, 0.5) is 0 Å². The number of hydrogen-bond acceptors (Lipinski definition) is 4. The molecule has 0 aromatic heterocycles. The molecule has 2 bridgehead atoms. The number of rotatable bonds is 3. The van der Waals surface area contributed by atoms with Crippen LogP contribution in [0.1, 0.15) is 76.2 Å². The van der Waals surface area contributed by atoms with Crippen molar-refractivity contribution in [2.45, 2.75) is 70.6 Å². The monoisotopic (exact) mass is 428 g/mol. The second-order valence-electron chi connectivity index (χ2n) is 9.95. The van der Waals surface area contributed by atoms with Crippen LogP contribution >= 0.6 is 11.6 Å². The van der Waals surface area contributed by atoms with Crippen LogP contribution in [0.2, 0.25) is 0 Å². The van der Waals surface area contributed by atoms with Gasteiger partial charge in [0.2, 0.25) is 0 Å². The van der Waals surface area contributed by atoms with Crippen LogP contribution < -0.4 is 0 Å². The van der Waals surface area contributed by atoms with Gasteiger partial charge in [0.25, 0.3) is 0 Å². The smallest absolute Gasteiger partial charge is 0.195 e. The summed E-state index contributed by atoms with van der Waals surface area (Å²) in [7, 11) is 0. The SMILES string of the molecule is CC(C)=CCC[C@@]1(C)[C@@H]2CC(=C(C)C)C[C@@]23C(=O)[C@]1(Cl)C(=O)c1c(O)cc(O)cc13. The lowest BCUT2D eigenvalue weighted by Gasteiger charge is -2.40. The molecule has 30 heavy (non-hydrogen) atoms. The van der Waals surface area contributed by atoms with E-state index in [1.807, 2.05) is 34.6 Å². The van der Waals surface area contributed by atoms with Gasteiger partial charge in [-0.1, -0.05) is 29.7 Å². The van der Waals surface area contributed by atoms with E-state index in [9.17, 15) is 19.8 Å². The largest absolute Gasteiger partial charge is 0.508 e. The molecule has 4 nitrogen and oxygen atoms in total. The number of hydrogen-bond donors (Lipinski definition) is 2. The van der Waals surface area contributed by atoms with Crippen LogP contribution in [-0.4, -0.2) is 26.7 Å². The average molecular weight is 429 g/mol. The number of phenols is 2. The van der Waals surface area contributed by atoms with E-state index in [1.54, 1.807) is 0 Å². The third kappa shape index (κ3) is 2.34. The van der Waals surface area contributed by atoms with E-state index in [4.69, 9.17) is 11.6 Å². The fourth-order valence-electron chi connectivity index (χ4n) is 6.30. The zero-order chi connectivity index (χ0) is 22.2. The first-order valence-corrected chi connectivity index (χ1v) is 10.9. The first-order chi connectivity index (χ1) is 13.9. The molecule has 0 aliphatic heterocycles. The van der Waals surface area contributed by atoms with Gasteiger partial charge in [-0.3, -0.25) is 9.59 Å². The number of ketones is 2. The van der Waals surface area contributed by atoms with Crippen molar-refractivity contribution < 1.29 is 19.8 Å². The minimum atomic E-state index is -1.71. The summed E-state index contributed by atoms with van der Waals surface area (Å²) in [6.07, 6.45) is 4.61. The number of fused-ring (bicyclic) bond motifs is 2. The number of carbonyl (C=O) groups is 2. The van der Waals surface area contributed by atoms with E-state index in [2.05, 4.69) is 6.08 Å². The van der Waals surface area contributed by atoms with Gasteiger partial charge in [0.05, 0.1) is 11.0 Å². The highest BCUT2D eigenvalue weighted by Gasteiger charge is 2.80. The Balaban J connectivity index is 2.03. The van der Waals surface area contributed by atoms with Crippen LogP contribution in [0, 0.1) is 11.3 Å². The van der Waals surface area contributed by atoms with Crippen molar-refractivity contribution in [1.29, 1.82) is 0 Å². The molecule has 0 unspecified atom stereocenters. The number of benzene rings is 1. The Morgan fingerprint density at radius 2 is 1.87 bits per heavy atom. The summed E-state index contributed by atoms with van der Waals surface area (Å²) < 4.78 is 0. The molecule has 5 heteroatoms. The van der Waals surface area contributed by atoms with Crippen LogP contribution in [0.25, 0.3) is 0 Å². The number of aromatic hydroxyl groups is 2. The molecule has 3 aliphatic carbocycles. The van der Waals surface area contributed by atoms with Crippen molar-refractivity contribution in [3.63, 3.8) is 0 Å². The number of halogens is 1. The Morgan fingerprint density at radius 1 is 1.20 bits per heavy atom. The highest BCUT2D eigenvalue weighted by Crippen LogP contribution is 2.73. The molecule has 3 aliphatic rings. The fourth-order valence-corrected chi connectivity index (χ4v) is 6.79. The van der Waals surface area contributed by atoms with Gasteiger partial charge in [-0.15, -0.1) is 11.6 Å². The standard InChI is InChI=1S/C25H29ClO4/c1-13(2)7-6-8-23(5)19-9-15(14(3)4)12-24(19)17-10-16(27)11-18(28)20(17)21(29)25(23,26)22(24)30/h7,10-11,19,27-28H,6,8-9,12H2,1-5H3/t19-,23-,24-,25+/m0/s1. The van der Waals surface area contributed by atoms with Gasteiger partial charge < -0.3 is 10.2 Å². The summed E-state index contributed by atoms with van der Waals surface area (Å²) in [4.78, 5) is 26.0. The van der Waals surface area contributed by atoms with E-state index in [0.717, 1.165) is 12.5 Å². The molecule has 2 fully saturated rings. The topological polar surface area (TPSA) is 74.6 Å². The Labute approximate surface area is 182 Å². The molecule has 4 rings (SSSR count). The zero-order valence-electron chi connectivity index (χ0n) is 18.2. The maximum atomic E-state index is 14.0. The summed E-state index contributed by atoms with van der Waals surface area (Å²) in [5, 5.41) is 20.8. The summed E-state index contributed by atoms with van der Waals surface area (Å²) in [5.74, 6) is -1.41. The first-order valence-electron chi connectivity index (χ1n) is 10.5. The van der Waals surface area contributed by atoms with Crippen molar-refractivity contribution in [2.24, 2.45) is 11.3 Å². The summed E-state index contributed by atoms with van der Waals surface area (Å²) >= 11 is 7.08. The van der Waals surface area contributed by atoms with Crippen molar-refractivity contribution in [1.82, 2.24) is 0 Å². The highest BCUT2D eigenvalue weighted by atomic mass is 35.5. The molecule has 2 N–H and O–H groups in total. The quantitative estimate of drug-likeness (QED) is 0.373. The number of allylic oxidation sites excluding steroid dienone is 4. The number of phenolic OH excluding ortho intramolecular Hbond substituents is 2. The van der Waals surface area contributed by atoms with Crippen LogP contribution in [0.3, 0.4) is 0 Å². The molecule has 0 radical (unpaired) electrons. The maximum absolute atomic E-state index is 14.0. The lowest BCUT2D eigenvalue weighted by molar-refractivity contribution is -0.124. The summed E-state index contributed by atoms with van der Waals surface area (Å²) in [6, 6.07) is 2.65. The summed E-state index contributed by atoms with van der Waals surface area (Å²) in [6.45, 7) is 10.1. The zero-order valence-corrected chi connectivity index (χ0v) is 19.0. The number of carbonyl (C=O) groups excluding carboxylic acids is 2. The van der Waals surface area contributed by atoms with Crippen LogP contribution in [-0.2, 0) is 10.2 Å². The maximum Gasteiger partial charge on any atom is 0.195 e. The molecule has 2 saturated carbocycles. The molecule has 0 saturated heterocycles. The minimum absolute atomic E-state index is 0.105. The van der Waals surface area contributed by atoms with Gasteiger partial charge in [-0.25, -0.2) is 0 Å². The molecule has 0 heterocycles. The fraction of sp³-hybridized carbons (Fsp3) is 0.520. The van der Waals surface area contributed by atoms with Crippen molar-refractivity contribution >= 4 is 23.2 Å². The number of alkyl halides is 1. The normalized spacial score (nSPS) is 34.1. The predicted molar refractivity (Wildman–Crippen MR) is 117 cm³/mol. The Hall–Kier alpha value is -2.07. The van der Waals surface area contributed by atoms with Gasteiger partial charge >= 0.3 is 0 Å². The average Bonchev–Trinajstić information content (AvgIpc) is 3.09. The Kier molecular flexibility index (Phi) is 4.56. The van der Waals surface area contributed by atoms with Gasteiger partial charge in [-0.2, -0.15) is 0 Å². The van der Waals surface area contributed by atoms with E-state index >= 15 is 0 Å². The molecular weight excluding hydrogens is 400 g/mol. The summed E-state index contributed by atoms with van der Waals surface area (Å²) in [5.41, 5.74) is 2.33. The van der Waals surface area contributed by atoms with Crippen molar-refractivity contribution in [2.75, 3.05) is 0 Å². The van der Waals surface area contributed by atoms with E-state index in [-0.39, 0.29) is 28.8 Å². The molecule has 4 atom stereocenters. The van der Waals surface area contributed by atoms with Gasteiger partial charge in [0.15, 0.2) is 16.4 Å². The molecule has 1 aromatic rings. The minimum Gasteiger partial charge on any atom is -0.508 e. The molecule has 1 aromatic carbocycles. The van der Waals surface area contributed by atoms with Crippen molar-refractivity contribution in [3.8, 4) is 11.5 Å². The van der Waals surface area contributed by atoms with Gasteiger partial charge in [-0.05, 0) is 70.9 Å². The molecular formula is C25H29ClO4. The molecule has 0 amide bonds. The Bertz CT molecular complexity index is 1040. The third-order valence-corrected chi connectivity index (χ3v) is 8.63. The third-order valence-electron chi connectivity index (χ3n) is 7.86. The van der Waals surface area contributed by atoms with Crippen molar-refractivity contribution in [3.05, 3.63) is 46.1 Å². The molecule has 1 spiro atoms. The van der Waals surface area contributed by atoms with Gasteiger partial charge in [0, 0.05) is 11.5 Å². The Morgan fingerprint density at radius 3 is 2.47 bits per heavy atom.